The normalized spacial score (nSPS) is 27.2. The van der Waals surface area contributed by atoms with Crippen LogP contribution in [0.4, 0.5) is 0 Å². The molecule has 0 aromatic carbocycles. The van der Waals surface area contributed by atoms with E-state index in [1.807, 2.05) is 0 Å². The van der Waals surface area contributed by atoms with Gasteiger partial charge in [-0.2, -0.15) is 0 Å². The number of nitrogens with two attached hydrogens (primary N) is 1. The molecule has 0 saturated heterocycles. The third kappa shape index (κ3) is 4.87. The van der Waals surface area contributed by atoms with Gasteiger partial charge in [-0.25, -0.2) is 0 Å². The molecule has 108 valence electrons. The Morgan fingerprint density at radius 3 is 2.28 bits per heavy atom. The van der Waals surface area contributed by atoms with E-state index in [4.69, 9.17) is 10.5 Å². The van der Waals surface area contributed by atoms with Gasteiger partial charge >= 0.3 is 0 Å². The molecule has 3 heteroatoms. The van der Waals surface area contributed by atoms with Gasteiger partial charge in [-0.3, -0.25) is 0 Å². The minimum absolute atomic E-state index is 0.465. The molecule has 1 fully saturated rings. The molecule has 1 unspecified atom stereocenters. The zero-order chi connectivity index (χ0) is 13.6. The molecule has 18 heavy (non-hydrogen) atoms. The molecule has 0 radical (unpaired) electrons. The van der Waals surface area contributed by atoms with Crippen LogP contribution in [0.15, 0.2) is 0 Å². The topological polar surface area (TPSA) is 47.3 Å². The van der Waals surface area contributed by atoms with Crippen molar-refractivity contribution in [2.75, 3.05) is 26.8 Å². The van der Waals surface area contributed by atoms with Crippen LogP contribution in [0.3, 0.4) is 0 Å². The van der Waals surface area contributed by atoms with Gasteiger partial charge in [0.2, 0.25) is 0 Å². The summed E-state index contributed by atoms with van der Waals surface area (Å²) >= 11 is 0. The maximum atomic E-state index is 5.90. The summed E-state index contributed by atoms with van der Waals surface area (Å²) in [7, 11) is 1.74. The summed E-state index contributed by atoms with van der Waals surface area (Å²) < 4.78 is 5.08. The van der Waals surface area contributed by atoms with E-state index in [0.717, 1.165) is 31.5 Å². The second kappa shape index (κ2) is 7.46. The van der Waals surface area contributed by atoms with Crippen LogP contribution in [0.2, 0.25) is 0 Å². The van der Waals surface area contributed by atoms with Gasteiger partial charge in [-0.05, 0) is 42.9 Å². The fraction of sp³-hybridized carbons (Fsp3) is 1.00. The predicted octanol–water partition coefficient (Wildman–Crippen LogP) is 2.40. The molecule has 0 spiro atoms. The summed E-state index contributed by atoms with van der Waals surface area (Å²) in [6.07, 6.45) is 5.36. The zero-order valence-corrected chi connectivity index (χ0v) is 12.7. The van der Waals surface area contributed by atoms with E-state index in [0.29, 0.717) is 11.5 Å². The minimum Gasteiger partial charge on any atom is -0.383 e. The third-order valence-electron chi connectivity index (χ3n) is 4.53. The predicted molar refractivity (Wildman–Crippen MR) is 77.6 cm³/mol. The molecule has 0 aromatic rings. The SMILES string of the molecule is COCCNC(CN)C1CCC(C(C)(C)C)CC1. The highest BCUT2D eigenvalue weighted by Crippen LogP contribution is 2.40. The van der Waals surface area contributed by atoms with Gasteiger partial charge in [0.1, 0.15) is 0 Å². The second-order valence-corrected chi connectivity index (χ2v) is 6.77. The second-order valence-electron chi connectivity index (χ2n) is 6.77. The first-order valence-electron chi connectivity index (χ1n) is 7.41. The lowest BCUT2D eigenvalue weighted by Crippen LogP contribution is -2.45. The maximum Gasteiger partial charge on any atom is 0.0587 e. The lowest BCUT2D eigenvalue weighted by Gasteiger charge is -2.39. The highest BCUT2D eigenvalue weighted by atomic mass is 16.5. The number of nitrogens with one attached hydrogen (secondary N) is 1. The van der Waals surface area contributed by atoms with Crippen molar-refractivity contribution in [3.05, 3.63) is 0 Å². The van der Waals surface area contributed by atoms with Crippen molar-refractivity contribution in [2.45, 2.75) is 52.5 Å². The number of ether oxygens (including phenoxy) is 1. The number of methoxy groups -OCH3 is 1. The third-order valence-corrected chi connectivity index (χ3v) is 4.53. The lowest BCUT2D eigenvalue weighted by atomic mass is 9.68. The van der Waals surface area contributed by atoms with Crippen molar-refractivity contribution in [3.63, 3.8) is 0 Å². The fourth-order valence-corrected chi connectivity index (χ4v) is 3.18. The van der Waals surface area contributed by atoms with Gasteiger partial charge in [-0.15, -0.1) is 0 Å². The Balaban J connectivity index is 2.35. The molecule has 1 saturated carbocycles. The van der Waals surface area contributed by atoms with Gasteiger partial charge in [-0.1, -0.05) is 20.8 Å². The summed E-state index contributed by atoms with van der Waals surface area (Å²) in [4.78, 5) is 0. The Hall–Kier alpha value is -0.120. The van der Waals surface area contributed by atoms with Crippen LogP contribution in [-0.2, 0) is 4.74 Å². The monoisotopic (exact) mass is 256 g/mol. The molecule has 0 aliphatic heterocycles. The van der Waals surface area contributed by atoms with Gasteiger partial charge < -0.3 is 15.8 Å². The number of rotatable bonds is 6. The standard InChI is InChI=1S/C15H32N2O/c1-15(2,3)13-7-5-12(6-8-13)14(11-16)17-9-10-18-4/h12-14,17H,5-11,16H2,1-4H3. The van der Waals surface area contributed by atoms with E-state index in [2.05, 4.69) is 26.1 Å². The van der Waals surface area contributed by atoms with E-state index < -0.39 is 0 Å². The van der Waals surface area contributed by atoms with E-state index >= 15 is 0 Å². The van der Waals surface area contributed by atoms with Crippen LogP contribution >= 0.6 is 0 Å². The van der Waals surface area contributed by atoms with Crippen LogP contribution in [-0.4, -0.2) is 32.8 Å². The molecule has 0 heterocycles. The largest absolute Gasteiger partial charge is 0.383 e. The first-order chi connectivity index (χ1) is 8.49. The summed E-state index contributed by atoms with van der Waals surface area (Å²) in [6, 6.07) is 0.473. The molecule has 1 aliphatic rings. The van der Waals surface area contributed by atoms with Crippen molar-refractivity contribution in [2.24, 2.45) is 23.0 Å². The summed E-state index contributed by atoms with van der Waals surface area (Å²) in [6.45, 7) is 9.54. The number of hydrogen-bond donors (Lipinski definition) is 2. The van der Waals surface area contributed by atoms with Crippen molar-refractivity contribution in [1.29, 1.82) is 0 Å². The van der Waals surface area contributed by atoms with Crippen LogP contribution in [0.25, 0.3) is 0 Å². The summed E-state index contributed by atoms with van der Waals surface area (Å²) in [5, 5.41) is 3.54. The molecule has 0 bridgehead atoms. The van der Waals surface area contributed by atoms with Crippen LogP contribution in [0, 0.1) is 17.3 Å². The van der Waals surface area contributed by atoms with E-state index in [-0.39, 0.29) is 0 Å². The fourth-order valence-electron chi connectivity index (χ4n) is 3.18. The lowest BCUT2D eigenvalue weighted by molar-refractivity contribution is 0.129. The first kappa shape index (κ1) is 15.9. The molecule has 1 atom stereocenters. The van der Waals surface area contributed by atoms with E-state index in [1.54, 1.807) is 7.11 Å². The average Bonchev–Trinajstić information content (AvgIpc) is 2.34. The van der Waals surface area contributed by atoms with E-state index in [1.165, 1.54) is 25.7 Å². The molecule has 1 aliphatic carbocycles. The summed E-state index contributed by atoms with van der Waals surface area (Å²) in [5.74, 6) is 1.64. The maximum absolute atomic E-state index is 5.90. The Labute approximate surface area is 113 Å². The summed E-state index contributed by atoms with van der Waals surface area (Å²) in [5.41, 5.74) is 6.37. The van der Waals surface area contributed by atoms with Crippen molar-refractivity contribution in [3.8, 4) is 0 Å². The van der Waals surface area contributed by atoms with Crippen LogP contribution in [0.1, 0.15) is 46.5 Å². The quantitative estimate of drug-likeness (QED) is 0.717. The molecular weight excluding hydrogens is 224 g/mol. The highest BCUT2D eigenvalue weighted by molar-refractivity contribution is 4.86. The smallest absolute Gasteiger partial charge is 0.0587 e. The average molecular weight is 256 g/mol. The molecule has 1 rings (SSSR count). The number of hydrogen-bond acceptors (Lipinski definition) is 3. The first-order valence-corrected chi connectivity index (χ1v) is 7.41. The van der Waals surface area contributed by atoms with Crippen LogP contribution in [0.5, 0.6) is 0 Å². The van der Waals surface area contributed by atoms with Gasteiger partial charge in [0.15, 0.2) is 0 Å². The zero-order valence-electron chi connectivity index (χ0n) is 12.7. The van der Waals surface area contributed by atoms with Crippen molar-refractivity contribution in [1.82, 2.24) is 5.32 Å². The Morgan fingerprint density at radius 1 is 1.22 bits per heavy atom. The van der Waals surface area contributed by atoms with Gasteiger partial charge in [0.05, 0.1) is 6.61 Å². The van der Waals surface area contributed by atoms with Gasteiger partial charge in [0.25, 0.3) is 0 Å². The molecule has 0 aromatic heterocycles. The van der Waals surface area contributed by atoms with Crippen molar-refractivity contribution < 1.29 is 4.74 Å². The molecular formula is C15H32N2O. The van der Waals surface area contributed by atoms with E-state index in [9.17, 15) is 0 Å². The molecule has 0 amide bonds. The Kier molecular flexibility index (Phi) is 6.61. The van der Waals surface area contributed by atoms with Gasteiger partial charge in [0, 0.05) is 26.2 Å². The van der Waals surface area contributed by atoms with Crippen molar-refractivity contribution >= 4 is 0 Å². The Bertz CT molecular complexity index is 217. The Morgan fingerprint density at radius 2 is 1.83 bits per heavy atom. The van der Waals surface area contributed by atoms with Crippen LogP contribution < -0.4 is 11.1 Å². The molecule has 3 nitrogen and oxygen atoms in total. The highest BCUT2D eigenvalue weighted by Gasteiger charge is 2.32. The minimum atomic E-state index is 0.465. The molecule has 3 N–H and O–H groups in total.